The lowest BCUT2D eigenvalue weighted by Gasteiger charge is -2.33. The Kier molecular flexibility index (Phi) is 6.82. The van der Waals surface area contributed by atoms with Crippen molar-refractivity contribution in [2.45, 2.75) is 31.9 Å². The number of anilines is 1. The van der Waals surface area contributed by atoms with Crippen molar-refractivity contribution in [2.75, 3.05) is 31.6 Å². The van der Waals surface area contributed by atoms with Crippen molar-refractivity contribution in [1.29, 1.82) is 0 Å². The topological polar surface area (TPSA) is 103 Å². The summed E-state index contributed by atoms with van der Waals surface area (Å²) in [6, 6.07) is 6.05. The van der Waals surface area contributed by atoms with E-state index in [1.807, 2.05) is 11.8 Å². The Morgan fingerprint density at radius 3 is 2.79 bits per heavy atom. The predicted molar refractivity (Wildman–Crippen MR) is 107 cm³/mol. The molecular formula is C20H26FN5O3. The molecule has 1 unspecified atom stereocenters. The van der Waals surface area contributed by atoms with Crippen molar-refractivity contribution < 1.29 is 18.7 Å². The quantitative estimate of drug-likeness (QED) is 0.692. The molecule has 8 nitrogen and oxygen atoms in total. The molecule has 0 spiro atoms. The molecule has 0 aliphatic carbocycles. The number of benzene rings is 1. The number of piperidine rings is 1. The molecule has 1 fully saturated rings. The lowest BCUT2D eigenvalue weighted by molar-refractivity contribution is 0.0995. The number of nitrogens with two attached hydrogens (primary N) is 1. The van der Waals surface area contributed by atoms with Crippen LogP contribution in [0, 0.1) is 5.82 Å². The van der Waals surface area contributed by atoms with E-state index in [0.29, 0.717) is 30.0 Å². The second kappa shape index (κ2) is 9.51. The Morgan fingerprint density at radius 2 is 2.10 bits per heavy atom. The molecule has 2 aromatic rings. The number of hydrogen-bond acceptors (Lipinski definition) is 7. The van der Waals surface area contributed by atoms with Crippen LogP contribution in [0.2, 0.25) is 0 Å². The summed E-state index contributed by atoms with van der Waals surface area (Å²) in [6.45, 7) is 4.09. The van der Waals surface area contributed by atoms with Crippen LogP contribution in [0.15, 0.2) is 30.5 Å². The third-order valence-corrected chi connectivity index (χ3v) is 4.82. The largest absolute Gasteiger partial charge is 0.493 e. The molecule has 0 radical (unpaired) electrons. The van der Waals surface area contributed by atoms with E-state index in [-0.39, 0.29) is 17.6 Å². The standard InChI is InChI=1S/C20H26FN5O3/c1-13(29-18-11-14(21)3-4-17(18)28-2)12-24-15-6-9-26(10-7-15)20-23-8-5-16(25-20)19(22)27/h3-5,8,11,13,15,24H,6-7,9-10,12H2,1-2H3,(H2,22,27). The van der Waals surface area contributed by atoms with Gasteiger partial charge in [0.05, 0.1) is 7.11 Å². The average Bonchev–Trinajstić information content (AvgIpc) is 2.73. The van der Waals surface area contributed by atoms with Crippen LogP contribution >= 0.6 is 0 Å². The van der Waals surface area contributed by atoms with E-state index in [0.717, 1.165) is 25.9 Å². The molecule has 1 aromatic carbocycles. The van der Waals surface area contributed by atoms with Crippen LogP contribution in [0.5, 0.6) is 11.5 Å². The molecule has 1 saturated heterocycles. The number of halogens is 1. The summed E-state index contributed by atoms with van der Waals surface area (Å²) < 4.78 is 24.5. The van der Waals surface area contributed by atoms with Gasteiger partial charge in [-0.25, -0.2) is 14.4 Å². The van der Waals surface area contributed by atoms with E-state index < -0.39 is 5.91 Å². The van der Waals surface area contributed by atoms with Crippen molar-refractivity contribution in [3.63, 3.8) is 0 Å². The molecular weight excluding hydrogens is 377 g/mol. The maximum absolute atomic E-state index is 13.5. The first-order valence-corrected chi connectivity index (χ1v) is 9.57. The Bertz CT molecular complexity index is 843. The molecule has 156 valence electrons. The van der Waals surface area contributed by atoms with Crippen LogP contribution in [0.25, 0.3) is 0 Å². The summed E-state index contributed by atoms with van der Waals surface area (Å²) in [5, 5.41) is 3.49. The summed E-state index contributed by atoms with van der Waals surface area (Å²) in [7, 11) is 1.53. The van der Waals surface area contributed by atoms with Crippen LogP contribution in [0.3, 0.4) is 0 Å². The van der Waals surface area contributed by atoms with Crippen LogP contribution in [-0.4, -0.2) is 54.8 Å². The summed E-state index contributed by atoms with van der Waals surface area (Å²) >= 11 is 0. The van der Waals surface area contributed by atoms with Gasteiger partial charge >= 0.3 is 0 Å². The highest BCUT2D eigenvalue weighted by atomic mass is 19.1. The monoisotopic (exact) mass is 403 g/mol. The number of ether oxygens (including phenoxy) is 2. The van der Waals surface area contributed by atoms with Gasteiger partial charge in [0, 0.05) is 37.9 Å². The summed E-state index contributed by atoms with van der Waals surface area (Å²) in [6.07, 6.45) is 3.20. The minimum atomic E-state index is -0.561. The fraction of sp³-hybridized carbons (Fsp3) is 0.450. The van der Waals surface area contributed by atoms with Gasteiger partial charge in [0.15, 0.2) is 11.5 Å². The smallest absolute Gasteiger partial charge is 0.267 e. The summed E-state index contributed by atoms with van der Waals surface area (Å²) in [4.78, 5) is 21.8. The Hall–Kier alpha value is -2.94. The van der Waals surface area contributed by atoms with Crippen molar-refractivity contribution in [3.05, 3.63) is 42.0 Å². The summed E-state index contributed by atoms with van der Waals surface area (Å²) in [5.74, 6) is 0.493. The lowest BCUT2D eigenvalue weighted by Crippen LogP contribution is -2.45. The van der Waals surface area contributed by atoms with Crippen molar-refractivity contribution in [3.8, 4) is 11.5 Å². The lowest BCUT2D eigenvalue weighted by atomic mass is 10.1. The van der Waals surface area contributed by atoms with Gasteiger partial charge in [-0.2, -0.15) is 0 Å². The zero-order chi connectivity index (χ0) is 20.8. The maximum atomic E-state index is 13.5. The zero-order valence-electron chi connectivity index (χ0n) is 16.6. The molecule has 1 atom stereocenters. The SMILES string of the molecule is COc1ccc(F)cc1OC(C)CNC1CCN(c2nccc(C(N)=O)n2)CC1. The molecule has 29 heavy (non-hydrogen) atoms. The van der Waals surface area contributed by atoms with Gasteiger partial charge in [0.2, 0.25) is 5.95 Å². The maximum Gasteiger partial charge on any atom is 0.267 e. The van der Waals surface area contributed by atoms with Crippen LogP contribution in [0.4, 0.5) is 10.3 Å². The van der Waals surface area contributed by atoms with E-state index in [2.05, 4.69) is 15.3 Å². The number of nitrogens with zero attached hydrogens (tertiary/aromatic N) is 3. The highest BCUT2D eigenvalue weighted by molar-refractivity contribution is 5.90. The van der Waals surface area contributed by atoms with Crippen LogP contribution < -0.4 is 25.4 Å². The zero-order valence-corrected chi connectivity index (χ0v) is 16.6. The number of carbonyl (C=O) groups excluding carboxylic acids is 1. The highest BCUT2D eigenvalue weighted by Gasteiger charge is 2.22. The van der Waals surface area contributed by atoms with E-state index in [9.17, 15) is 9.18 Å². The van der Waals surface area contributed by atoms with Gasteiger partial charge in [-0.15, -0.1) is 0 Å². The fourth-order valence-corrected chi connectivity index (χ4v) is 3.26. The molecule has 1 aromatic heterocycles. The second-order valence-electron chi connectivity index (χ2n) is 7.00. The molecule has 0 bridgehead atoms. The highest BCUT2D eigenvalue weighted by Crippen LogP contribution is 2.28. The third-order valence-electron chi connectivity index (χ3n) is 4.82. The first kappa shape index (κ1) is 20.8. The number of methoxy groups -OCH3 is 1. The fourth-order valence-electron chi connectivity index (χ4n) is 3.26. The summed E-state index contributed by atoms with van der Waals surface area (Å²) in [5.41, 5.74) is 5.50. The number of aromatic nitrogens is 2. The second-order valence-corrected chi connectivity index (χ2v) is 7.00. The van der Waals surface area contributed by atoms with Crippen molar-refractivity contribution in [2.24, 2.45) is 5.73 Å². The first-order chi connectivity index (χ1) is 14.0. The minimum absolute atomic E-state index is 0.153. The number of rotatable bonds is 8. The Balaban J connectivity index is 1.47. The molecule has 1 amide bonds. The predicted octanol–water partition coefficient (Wildman–Crippen LogP) is 1.75. The normalized spacial score (nSPS) is 15.8. The number of nitrogens with one attached hydrogen (secondary N) is 1. The van der Waals surface area contributed by atoms with Crippen LogP contribution in [-0.2, 0) is 0 Å². The van der Waals surface area contributed by atoms with Gasteiger partial charge < -0.3 is 25.4 Å². The Morgan fingerprint density at radius 1 is 1.34 bits per heavy atom. The number of primary amides is 1. The van der Waals surface area contributed by atoms with Gasteiger partial charge in [0.25, 0.3) is 5.91 Å². The third kappa shape index (κ3) is 5.54. The number of hydrogen-bond donors (Lipinski definition) is 2. The molecule has 3 N–H and O–H groups in total. The molecule has 3 rings (SSSR count). The molecule has 9 heteroatoms. The number of carbonyl (C=O) groups is 1. The molecule has 2 heterocycles. The van der Waals surface area contributed by atoms with E-state index in [1.165, 1.54) is 25.3 Å². The van der Waals surface area contributed by atoms with Crippen molar-refractivity contribution in [1.82, 2.24) is 15.3 Å². The number of amides is 1. The van der Waals surface area contributed by atoms with E-state index >= 15 is 0 Å². The average molecular weight is 403 g/mol. The van der Waals surface area contributed by atoms with E-state index in [4.69, 9.17) is 15.2 Å². The minimum Gasteiger partial charge on any atom is -0.493 e. The van der Waals surface area contributed by atoms with Gasteiger partial charge in [-0.3, -0.25) is 4.79 Å². The van der Waals surface area contributed by atoms with Gasteiger partial charge in [-0.1, -0.05) is 0 Å². The Labute approximate surface area is 169 Å². The van der Waals surface area contributed by atoms with Gasteiger partial charge in [-0.05, 0) is 38.0 Å². The van der Waals surface area contributed by atoms with Crippen LogP contribution in [0.1, 0.15) is 30.3 Å². The van der Waals surface area contributed by atoms with Gasteiger partial charge in [0.1, 0.15) is 17.6 Å². The van der Waals surface area contributed by atoms with E-state index in [1.54, 1.807) is 12.3 Å². The molecule has 1 aliphatic heterocycles. The first-order valence-electron chi connectivity index (χ1n) is 9.57. The molecule has 0 saturated carbocycles. The van der Waals surface area contributed by atoms with Crippen molar-refractivity contribution >= 4 is 11.9 Å². The molecule has 1 aliphatic rings.